The van der Waals surface area contributed by atoms with Crippen LogP contribution in [0.4, 0.5) is 5.69 Å². The average Bonchev–Trinajstić information content (AvgIpc) is 3.04. The van der Waals surface area contributed by atoms with E-state index >= 15 is 0 Å². The minimum absolute atomic E-state index is 0.138. The Bertz CT molecular complexity index is 681. The molecule has 4 nitrogen and oxygen atoms in total. The number of nitrogens with zero attached hydrogens (tertiary/aromatic N) is 1. The van der Waals surface area contributed by atoms with E-state index in [1.54, 1.807) is 23.5 Å². The van der Waals surface area contributed by atoms with E-state index in [9.17, 15) is 9.59 Å². The molecule has 1 aliphatic rings. The van der Waals surface area contributed by atoms with Crippen molar-refractivity contribution in [2.24, 2.45) is 0 Å². The fraction of sp³-hybridized carbons (Fsp3) is 0.294. The van der Waals surface area contributed by atoms with Crippen LogP contribution in [-0.4, -0.2) is 24.4 Å². The molecule has 1 saturated heterocycles. The first-order valence-electron chi connectivity index (χ1n) is 7.35. The van der Waals surface area contributed by atoms with Gasteiger partial charge in [0.15, 0.2) is 0 Å². The molecule has 1 atom stereocenters. The van der Waals surface area contributed by atoms with Crippen molar-refractivity contribution in [1.29, 1.82) is 0 Å². The highest BCUT2D eigenvalue weighted by atomic mass is 32.1. The van der Waals surface area contributed by atoms with E-state index in [2.05, 4.69) is 23.7 Å². The Balaban J connectivity index is 1.61. The highest BCUT2D eigenvalue weighted by Crippen LogP contribution is 2.22. The summed E-state index contributed by atoms with van der Waals surface area (Å²) in [6.45, 7) is 2.79. The second-order valence-electron chi connectivity index (χ2n) is 5.39. The normalized spacial score (nSPS) is 18.2. The lowest BCUT2D eigenvalue weighted by atomic mass is 10.2. The zero-order valence-electron chi connectivity index (χ0n) is 12.4. The van der Waals surface area contributed by atoms with Crippen LogP contribution in [0, 0.1) is 6.92 Å². The van der Waals surface area contributed by atoms with Crippen molar-refractivity contribution in [3.63, 3.8) is 0 Å². The molecule has 1 fully saturated rings. The number of amides is 2. The molecule has 0 bridgehead atoms. The summed E-state index contributed by atoms with van der Waals surface area (Å²) < 4.78 is 0. The topological polar surface area (TPSA) is 49.4 Å². The molecule has 1 aromatic heterocycles. The molecule has 5 heteroatoms. The van der Waals surface area contributed by atoms with E-state index in [0.717, 1.165) is 6.42 Å². The van der Waals surface area contributed by atoms with Gasteiger partial charge >= 0.3 is 0 Å². The van der Waals surface area contributed by atoms with Crippen molar-refractivity contribution in [2.45, 2.75) is 25.8 Å². The van der Waals surface area contributed by atoms with Gasteiger partial charge < -0.3 is 5.32 Å². The van der Waals surface area contributed by atoms with Crippen molar-refractivity contribution in [3.8, 4) is 0 Å². The Labute approximate surface area is 133 Å². The number of hydrogen-bond acceptors (Lipinski definition) is 4. The highest BCUT2D eigenvalue weighted by Gasteiger charge is 2.38. The smallest absolute Gasteiger partial charge is 0.251 e. The van der Waals surface area contributed by atoms with Crippen LogP contribution in [-0.2, 0) is 16.0 Å². The Morgan fingerprint density at radius 3 is 2.68 bits per heavy atom. The van der Waals surface area contributed by atoms with Crippen molar-refractivity contribution >= 4 is 28.8 Å². The first-order valence-corrected chi connectivity index (χ1v) is 8.23. The summed E-state index contributed by atoms with van der Waals surface area (Å²) in [6, 6.07) is 10.8. The van der Waals surface area contributed by atoms with Crippen molar-refractivity contribution in [3.05, 3.63) is 52.2 Å². The summed E-state index contributed by atoms with van der Waals surface area (Å²) in [5.41, 5.74) is 1.93. The van der Waals surface area contributed by atoms with Crippen LogP contribution in [0.5, 0.6) is 0 Å². The molecule has 0 unspecified atom stereocenters. The molecule has 2 amide bonds. The van der Waals surface area contributed by atoms with E-state index in [-0.39, 0.29) is 18.2 Å². The number of carbonyl (C=O) groups is 2. The van der Waals surface area contributed by atoms with Gasteiger partial charge in [0.2, 0.25) is 5.91 Å². The Hall–Kier alpha value is -1.98. The maximum atomic E-state index is 12.4. The van der Waals surface area contributed by atoms with Gasteiger partial charge in [0.25, 0.3) is 5.91 Å². The molecular weight excluding hydrogens is 296 g/mol. The lowest BCUT2D eigenvalue weighted by molar-refractivity contribution is -0.121. The number of aryl methyl sites for hydroxylation is 1. The Morgan fingerprint density at radius 1 is 1.23 bits per heavy atom. The predicted octanol–water partition coefficient (Wildman–Crippen LogP) is 2.52. The van der Waals surface area contributed by atoms with Crippen LogP contribution in [0.25, 0.3) is 0 Å². The maximum absolute atomic E-state index is 12.4. The molecule has 0 radical (unpaired) electrons. The van der Waals surface area contributed by atoms with Crippen LogP contribution >= 0.6 is 11.3 Å². The fourth-order valence-electron chi connectivity index (χ4n) is 2.66. The molecule has 114 valence electrons. The number of hydrogen-bond donors (Lipinski definition) is 1. The zero-order chi connectivity index (χ0) is 15.5. The summed E-state index contributed by atoms with van der Waals surface area (Å²) in [6.07, 6.45) is 1.12. The van der Waals surface area contributed by atoms with Crippen LogP contribution in [0.2, 0.25) is 0 Å². The molecule has 22 heavy (non-hydrogen) atoms. The van der Waals surface area contributed by atoms with Crippen molar-refractivity contribution < 1.29 is 9.59 Å². The summed E-state index contributed by atoms with van der Waals surface area (Å²) in [7, 11) is 0. The standard InChI is InChI=1S/C17H18N2O2S/c1-12-8-10-22-15(12)7-9-18-14-11-16(20)19(17(14)21)13-5-3-2-4-6-13/h2-6,8,10,14,18H,7,9,11H2,1H3/t14-/m0/s1. The second-order valence-corrected chi connectivity index (χ2v) is 6.39. The van der Waals surface area contributed by atoms with Crippen LogP contribution < -0.4 is 10.2 Å². The SMILES string of the molecule is Cc1ccsc1CCN[C@H]1CC(=O)N(c2ccccc2)C1=O. The summed E-state index contributed by atoms with van der Waals surface area (Å²) >= 11 is 1.73. The fourth-order valence-corrected chi connectivity index (χ4v) is 3.57. The third kappa shape index (κ3) is 2.96. The van der Waals surface area contributed by atoms with Gasteiger partial charge in [-0.25, -0.2) is 4.90 Å². The van der Waals surface area contributed by atoms with E-state index in [1.807, 2.05) is 18.2 Å². The van der Waals surface area contributed by atoms with E-state index in [1.165, 1.54) is 15.3 Å². The lowest BCUT2D eigenvalue weighted by Gasteiger charge is -2.15. The van der Waals surface area contributed by atoms with Gasteiger partial charge in [-0.3, -0.25) is 9.59 Å². The molecule has 1 N–H and O–H groups in total. The number of anilines is 1. The highest BCUT2D eigenvalue weighted by molar-refractivity contribution is 7.10. The van der Waals surface area contributed by atoms with Gasteiger partial charge in [-0.2, -0.15) is 0 Å². The molecule has 0 saturated carbocycles. The number of benzene rings is 1. The van der Waals surface area contributed by atoms with Gasteiger partial charge in [0.1, 0.15) is 0 Å². The number of imide groups is 1. The maximum Gasteiger partial charge on any atom is 0.251 e. The number of nitrogens with one attached hydrogen (secondary N) is 1. The first kappa shape index (κ1) is 14.9. The van der Waals surface area contributed by atoms with Crippen molar-refractivity contribution in [2.75, 3.05) is 11.4 Å². The van der Waals surface area contributed by atoms with Gasteiger partial charge in [-0.15, -0.1) is 11.3 Å². The minimum Gasteiger partial charge on any atom is -0.305 e. The number of rotatable bonds is 5. The van der Waals surface area contributed by atoms with Crippen LogP contribution in [0.1, 0.15) is 16.9 Å². The Morgan fingerprint density at radius 2 is 2.00 bits per heavy atom. The van der Waals surface area contributed by atoms with Gasteiger partial charge in [0, 0.05) is 11.4 Å². The van der Waals surface area contributed by atoms with E-state index < -0.39 is 6.04 Å². The summed E-state index contributed by atoms with van der Waals surface area (Å²) in [5.74, 6) is -0.292. The quantitative estimate of drug-likeness (QED) is 0.863. The molecule has 0 spiro atoms. The summed E-state index contributed by atoms with van der Waals surface area (Å²) in [5, 5.41) is 5.30. The minimum atomic E-state index is -0.409. The third-order valence-electron chi connectivity index (χ3n) is 3.87. The molecule has 2 heterocycles. The van der Waals surface area contributed by atoms with Gasteiger partial charge in [-0.1, -0.05) is 18.2 Å². The number of thiophene rings is 1. The zero-order valence-corrected chi connectivity index (χ0v) is 13.2. The molecule has 1 aliphatic heterocycles. The van der Waals surface area contributed by atoms with Gasteiger partial charge in [-0.05, 0) is 42.5 Å². The van der Waals surface area contributed by atoms with E-state index in [4.69, 9.17) is 0 Å². The average molecular weight is 314 g/mol. The second kappa shape index (κ2) is 6.42. The predicted molar refractivity (Wildman–Crippen MR) is 88.1 cm³/mol. The molecule has 1 aromatic carbocycles. The third-order valence-corrected chi connectivity index (χ3v) is 4.95. The van der Waals surface area contributed by atoms with Crippen molar-refractivity contribution in [1.82, 2.24) is 5.32 Å². The molecular formula is C17H18N2O2S. The van der Waals surface area contributed by atoms with E-state index in [0.29, 0.717) is 12.2 Å². The number of para-hydroxylation sites is 1. The van der Waals surface area contributed by atoms with Gasteiger partial charge in [0.05, 0.1) is 18.2 Å². The molecule has 3 rings (SSSR count). The lowest BCUT2D eigenvalue weighted by Crippen LogP contribution is -2.39. The summed E-state index contributed by atoms with van der Waals surface area (Å²) in [4.78, 5) is 27.1. The van der Waals surface area contributed by atoms with Crippen LogP contribution in [0.3, 0.4) is 0 Å². The molecule has 0 aliphatic carbocycles. The van der Waals surface area contributed by atoms with Crippen LogP contribution in [0.15, 0.2) is 41.8 Å². The number of carbonyl (C=O) groups excluding carboxylic acids is 2. The monoisotopic (exact) mass is 314 g/mol. The Kier molecular flexibility index (Phi) is 4.36. The molecule has 2 aromatic rings. The first-order chi connectivity index (χ1) is 10.7. The largest absolute Gasteiger partial charge is 0.305 e.